The molecule has 3 rings (SSSR count). The number of nitrogens with zero attached hydrogens (tertiary/aromatic N) is 2. The van der Waals surface area contributed by atoms with Gasteiger partial charge in [-0.25, -0.2) is 0 Å². The van der Waals surface area contributed by atoms with Crippen molar-refractivity contribution in [2.75, 3.05) is 30.3 Å². The van der Waals surface area contributed by atoms with Crippen molar-refractivity contribution in [1.82, 2.24) is 10.2 Å². The molecule has 8 heteroatoms. The summed E-state index contributed by atoms with van der Waals surface area (Å²) in [6.07, 6.45) is 0.165. The zero-order chi connectivity index (χ0) is 17.1. The lowest BCUT2D eigenvalue weighted by Gasteiger charge is -2.17. The molecule has 2 aliphatic heterocycles. The van der Waals surface area contributed by atoms with Crippen LogP contribution in [0.3, 0.4) is 0 Å². The summed E-state index contributed by atoms with van der Waals surface area (Å²) in [5.74, 6) is -0.797. The molecule has 0 saturated carbocycles. The molecule has 0 radical (unpaired) electrons. The van der Waals surface area contributed by atoms with Crippen LogP contribution in [0.25, 0.3) is 0 Å². The van der Waals surface area contributed by atoms with E-state index in [0.29, 0.717) is 6.54 Å². The Morgan fingerprint density at radius 3 is 2.58 bits per heavy atom. The molecule has 2 aliphatic rings. The summed E-state index contributed by atoms with van der Waals surface area (Å²) in [5, 5.41) is 2.43. The van der Waals surface area contributed by atoms with Gasteiger partial charge in [0.05, 0.1) is 11.7 Å². The van der Waals surface area contributed by atoms with Crippen molar-refractivity contribution in [1.29, 1.82) is 0 Å². The third-order valence-electron chi connectivity index (χ3n) is 4.04. The molecular weight excluding hydrogens is 330 g/mol. The van der Waals surface area contributed by atoms with Crippen LogP contribution in [0, 0.1) is 5.92 Å². The van der Waals surface area contributed by atoms with Crippen molar-refractivity contribution in [3.8, 4) is 0 Å². The molecule has 126 valence electrons. The van der Waals surface area contributed by atoms with Crippen molar-refractivity contribution in [2.45, 2.75) is 6.42 Å². The van der Waals surface area contributed by atoms with Gasteiger partial charge in [-0.1, -0.05) is 30.0 Å². The third-order valence-corrected chi connectivity index (χ3v) is 4.90. The quantitative estimate of drug-likeness (QED) is 0.853. The summed E-state index contributed by atoms with van der Waals surface area (Å²) in [6.45, 7) is 0.707. The fourth-order valence-corrected chi connectivity index (χ4v) is 3.52. The van der Waals surface area contributed by atoms with E-state index in [4.69, 9.17) is 0 Å². The molecule has 2 fully saturated rings. The normalized spacial score (nSPS) is 20.8. The number of nitrogens with one attached hydrogen (secondary N) is 1. The van der Waals surface area contributed by atoms with E-state index in [-0.39, 0.29) is 48.2 Å². The summed E-state index contributed by atoms with van der Waals surface area (Å²) in [6, 6.07) is 9.23. The van der Waals surface area contributed by atoms with Gasteiger partial charge in [0, 0.05) is 31.7 Å². The molecule has 0 aliphatic carbocycles. The monoisotopic (exact) mass is 347 g/mol. The Balaban J connectivity index is 1.50. The van der Waals surface area contributed by atoms with E-state index in [0.717, 1.165) is 22.3 Å². The van der Waals surface area contributed by atoms with Crippen molar-refractivity contribution >= 4 is 40.4 Å². The van der Waals surface area contributed by atoms with E-state index in [9.17, 15) is 19.2 Å². The lowest BCUT2D eigenvalue weighted by atomic mass is 10.1. The number of carbonyl (C=O) groups excluding carboxylic acids is 4. The van der Waals surface area contributed by atoms with Crippen molar-refractivity contribution < 1.29 is 19.2 Å². The summed E-state index contributed by atoms with van der Waals surface area (Å²) < 4.78 is 0. The van der Waals surface area contributed by atoms with Gasteiger partial charge >= 0.3 is 0 Å². The van der Waals surface area contributed by atoms with Crippen molar-refractivity contribution in [2.24, 2.45) is 5.92 Å². The Labute approximate surface area is 143 Å². The highest BCUT2D eigenvalue weighted by atomic mass is 32.2. The molecule has 4 amide bonds. The zero-order valence-electron chi connectivity index (χ0n) is 12.9. The molecule has 1 aromatic carbocycles. The Morgan fingerprint density at radius 1 is 1.17 bits per heavy atom. The van der Waals surface area contributed by atoms with Crippen LogP contribution in [0.5, 0.6) is 0 Å². The minimum atomic E-state index is -0.419. The second kappa shape index (κ2) is 7.04. The van der Waals surface area contributed by atoms with Crippen LogP contribution in [-0.2, 0) is 14.4 Å². The molecule has 1 N–H and O–H groups in total. The molecule has 2 saturated heterocycles. The standard InChI is InChI=1S/C16H17N3O4S/c20-13-8-11(9-19(13)12-4-2-1-3-5-12)15(22)17-6-7-18-14(21)10-24-16(18)23/h1-5,11H,6-10H2,(H,17,22)/t11-/m1/s1. The molecule has 0 spiro atoms. The number of hydrogen-bond donors (Lipinski definition) is 1. The van der Waals surface area contributed by atoms with Gasteiger partial charge < -0.3 is 10.2 Å². The van der Waals surface area contributed by atoms with Gasteiger partial charge in [0.15, 0.2) is 0 Å². The van der Waals surface area contributed by atoms with Gasteiger partial charge in [0.2, 0.25) is 17.7 Å². The van der Waals surface area contributed by atoms with Crippen LogP contribution in [0.4, 0.5) is 10.5 Å². The van der Waals surface area contributed by atoms with Crippen LogP contribution in [0.15, 0.2) is 30.3 Å². The first-order valence-electron chi connectivity index (χ1n) is 7.66. The third kappa shape index (κ3) is 3.43. The van der Waals surface area contributed by atoms with Crippen LogP contribution in [0.1, 0.15) is 6.42 Å². The number of imide groups is 1. The van der Waals surface area contributed by atoms with Gasteiger partial charge in [-0.3, -0.25) is 24.1 Å². The maximum Gasteiger partial charge on any atom is 0.288 e. The summed E-state index contributed by atoms with van der Waals surface area (Å²) in [4.78, 5) is 50.0. The summed E-state index contributed by atoms with van der Waals surface area (Å²) in [7, 11) is 0. The maximum atomic E-state index is 12.2. The molecule has 24 heavy (non-hydrogen) atoms. The topological polar surface area (TPSA) is 86.8 Å². The van der Waals surface area contributed by atoms with Gasteiger partial charge in [0.25, 0.3) is 5.24 Å². The average Bonchev–Trinajstić information content (AvgIpc) is 3.12. The van der Waals surface area contributed by atoms with Crippen LogP contribution < -0.4 is 10.2 Å². The SMILES string of the molecule is O=C(NCCN1C(=O)CSC1=O)[C@@H]1CC(=O)N(c2ccccc2)C1. The number of carbonyl (C=O) groups is 4. The second-order valence-corrected chi connectivity index (χ2v) is 6.56. The molecule has 1 atom stereocenters. The van der Waals surface area contributed by atoms with E-state index in [1.165, 1.54) is 0 Å². The average molecular weight is 347 g/mol. The molecule has 0 bridgehead atoms. The minimum Gasteiger partial charge on any atom is -0.354 e. The maximum absolute atomic E-state index is 12.2. The molecule has 1 aromatic rings. The number of anilines is 1. The molecule has 2 heterocycles. The molecule has 0 aromatic heterocycles. The summed E-state index contributed by atoms with van der Waals surface area (Å²) in [5.41, 5.74) is 0.781. The minimum absolute atomic E-state index is 0.0809. The van der Waals surface area contributed by atoms with Crippen LogP contribution >= 0.6 is 11.8 Å². The first-order valence-corrected chi connectivity index (χ1v) is 8.65. The number of thioether (sulfide) groups is 1. The lowest BCUT2D eigenvalue weighted by Crippen LogP contribution is -2.40. The smallest absolute Gasteiger partial charge is 0.288 e. The summed E-state index contributed by atoms with van der Waals surface area (Å²) >= 11 is 0.969. The van der Waals surface area contributed by atoms with E-state index in [1.54, 1.807) is 4.90 Å². The van der Waals surface area contributed by atoms with E-state index < -0.39 is 5.92 Å². The first-order chi connectivity index (χ1) is 11.6. The number of hydrogen-bond acceptors (Lipinski definition) is 5. The van der Waals surface area contributed by atoms with Crippen molar-refractivity contribution in [3.63, 3.8) is 0 Å². The predicted molar refractivity (Wildman–Crippen MR) is 89.5 cm³/mol. The lowest BCUT2D eigenvalue weighted by molar-refractivity contribution is -0.127. The Morgan fingerprint density at radius 2 is 1.92 bits per heavy atom. The number of para-hydroxylation sites is 1. The number of rotatable bonds is 5. The molecule has 0 unspecified atom stereocenters. The zero-order valence-corrected chi connectivity index (χ0v) is 13.8. The van der Waals surface area contributed by atoms with Gasteiger partial charge in [-0.15, -0.1) is 0 Å². The Kier molecular flexibility index (Phi) is 4.84. The van der Waals surface area contributed by atoms with Crippen molar-refractivity contribution in [3.05, 3.63) is 30.3 Å². The molecular formula is C16H17N3O4S. The largest absolute Gasteiger partial charge is 0.354 e. The first kappa shape index (κ1) is 16.5. The van der Waals surface area contributed by atoms with Gasteiger partial charge in [-0.05, 0) is 12.1 Å². The highest BCUT2D eigenvalue weighted by molar-refractivity contribution is 8.14. The van der Waals surface area contributed by atoms with Gasteiger partial charge in [-0.2, -0.15) is 0 Å². The predicted octanol–water partition coefficient (Wildman–Crippen LogP) is 0.851. The number of benzene rings is 1. The highest BCUT2D eigenvalue weighted by Crippen LogP contribution is 2.24. The van der Waals surface area contributed by atoms with Crippen LogP contribution in [-0.4, -0.2) is 53.2 Å². The van der Waals surface area contributed by atoms with Gasteiger partial charge in [0.1, 0.15) is 0 Å². The Bertz CT molecular complexity index is 663. The number of amides is 4. The highest BCUT2D eigenvalue weighted by Gasteiger charge is 2.35. The van der Waals surface area contributed by atoms with E-state index >= 15 is 0 Å². The molecule has 7 nitrogen and oxygen atoms in total. The van der Waals surface area contributed by atoms with Crippen LogP contribution in [0.2, 0.25) is 0 Å². The second-order valence-electron chi connectivity index (χ2n) is 5.63. The van der Waals surface area contributed by atoms with E-state index in [2.05, 4.69) is 5.32 Å². The Hall–Kier alpha value is -2.35. The fraction of sp³-hybridized carbons (Fsp3) is 0.375. The fourth-order valence-electron chi connectivity index (χ4n) is 2.77. The van der Waals surface area contributed by atoms with E-state index in [1.807, 2.05) is 30.3 Å².